The Hall–Kier alpha value is -1.91. The molecule has 0 radical (unpaired) electrons. The Morgan fingerprint density at radius 3 is 2.36 bits per heavy atom. The second-order valence-electron chi connectivity index (χ2n) is 6.64. The van der Waals surface area contributed by atoms with Gasteiger partial charge in [0.05, 0.1) is 31.2 Å². The molecule has 0 spiro atoms. The minimum absolute atomic E-state index is 0.0727. The lowest BCUT2D eigenvalue weighted by Crippen LogP contribution is -2.54. The van der Waals surface area contributed by atoms with Crippen molar-refractivity contribution in [3.05, 3.63) is 64.9 Å². The van der Waals surface area contributed by atoms with E-state index in [0.29, 0.717) is 24.7 Å². The van der Waals surface area contributed by atoms with Crippen molar-refractivity contribution in [1.29, 1.82) is 0 Å². The van der Waals surface area contributed by atoms with Gasteiger partial charge in [0, 0.05) is 17.4 Å². The van der Waals surface area contributed by atoms with E-state index in [1.54, 1.807) is 12.4 Å². The minimum Gasteiger partial charge on any atom is -0.377 e. The van der Waals surface area contributed by atoms with Gasteiger partial charge in [-0.1, -0.05) is 23.7 Å². The summed E-state index contributed by atoms with van der Waals surface area (Å²) in [6.07, 6.45) is 4.16. The molecule has 1 fully saturated rings. The lowest BCUT2D eigenvalue weighted by Gasteiger charge is -2.40. The Labute approximate surface area is 153 Å². The van der Waals surface area contributed by atoms with E-state index in [1.807, 2.05) is 55.1 Å². The third-order valence-electron chi connectivity index (χ3n) is 4.68. The van der Waals surface area contributed by atoms with E-state index in [4.69, 9.17) is 16.3 Å². The molecule has 2 aromatic rings. The first kappa shape index (κ1) is 17.9. The van der Waals surface area contributed by atoms with Crippen LogP contribution in [0.2, 0.25) is 5.02 Å². The molecule has 0 bridgehead atoms. The molecule has 3 rings (SSSR count). The smallest absolute Gasteiger partial charge is 0.231 e. The van der Waals surface area contributed by atoms with Crippen molar-refractivity contribution < 1.29 is 9.53 Å². The Balaban J connectivity index is 1.92. The molecule has 1 aliphatic heterocycles. The van der Waals surface area contributed by atoms with Crippen LogP contribution >= 0.6 is 11.6 Å². The fraction of sp³-hybridized carbons (Fsp3) is 0.400. The second-order valence-corrected chi connectivity index (χ2v) is 7.08. The van der Waals surface area contributed by atoms with Gasteiger partial charge in [0.25, 0.3) is 0 Å². The molecule has 0 saturated carbocycles. The zero-order valence-electron chi connectivity index (χ0n) is 14.6. The van der Waals surface area contributed by atoms with Crippen molar-refractivity contribution in [3.8, 4) is 0 Å². The predicted molar refractivity (Wildman–Crippen MR) is 98.7 cm³/mol. The maximum absolute atomic E-state index is 13.4. The van der Waals surface area contributed by atoms with Crippen molar-refractivity contribution in [3.63, 3.8) is 0 Å². The van der Waals surface area contributed by atoms with Crippen LogP contribution in [0.5, 0.6) is 0 Å². The molecule has 25 heavy (non-hydrogen) atoms. The second kappa shape index (κ2) is 7.98. The number of carbonyl (C=O) groups is 1. The van der Waals surface area contributed by atoms with Crippen LogP contribution < -0.4 is 0 Å². The van der Waals surface area contributed by atoms with E-state index in [-0.39, 0.29) is 23.9 Å². The summed E-state index contributed by atoms with van der Waals surface area (Å²) in [6.45, 7) is 5.25. The van der Waals surface area contributed by atoms with Crippen molar-refractivity contribution in [2.24, 2.45) is 0 Å². The number of amides is 1. The summed E-state index contributed by atoms with van der Waals surface area (Å²) in [6, 6.07) is 11.6. The average Bonchev–Trinajstić information content (AvgIpc) is 2.61. The Morgan fingerprint density at radius 2 is 1.76 bits per heavy atom. The van der Waals surface area contributed by atoms with Crippen LogP contribution in [0.25, 0.3) is 0 Å². The van der Waals surface area contributed by atoms with Crippen molar-refractivity contribution in [1.82, 2.24) is 9.88 Å². The van der Waals surface area contributed by atoms with Crippen LogP contribution in [0.4, 0.5) is 0 Å². The number of carbonyl (C=O) groups excluding carboxylic acids is 1. The van der Waals surface area contributed by atoms with Gasteiger partial charge in [-0.25, -0.2) is 0 Å². The van der Waals surface area contributed by atoms with Gasteiger partial charge in [0.1, 0.15) is 0 Å². The molecule has 1 saturated heterocycles. The van der Waals surface area contributed by atoms with Crippen LogP contribution in [-0.4, -0.2) is 41.1 Å². The summed E-state index contributed by atoms with van der Waals surface area (Å²) in [5.41, 5.74) is 2.08. The van der Waals surface area contributed by atoms with E-state index in [0.717, 1.165) is 11.1 Å². The number of benzene rings is 1. The molecule has 2 heterocycles. The Kier molecular flexibility index (Phi) is 5.71. The molecule has 3 unspecified atom stereocenters. The van der Waals surface area contributed by atoms with Crippen LogP contribution in [0.3, 0.4) is 0 Å². The average molecular weight is 359 g/mol. The summed E-state index contributed by atoms with van der Waals surface area (Å²) in [7, 11) is 0. The van der Waals surface area contributed by atoms with Crippen LogP contribution in [0.15, 0.2) is 48.8 Å². The Morgan fingerprint density at radius 1 is 1.16 bits per heavy atom. The number of pyridine rings is 1. The number of rotatable bonds is 4. The first-order valence-corrected chi connectivity index (χ1v) is 8.98. The quantitative estimate of drug-likeness (QED) is 0.837. The van der Waals surface area contributed by atoms with Gasteiger partial charge >= 0.3 is 0 Å². The van der Waals surface area contributed by atoms with Gasteiger partial charge in [0.15, 0.2) is 0 Å². The maximum Gasteiger partial charge on any atom is 0.231 e. The summed E-state index contributed by atoms with van der Waals surface area (Å²) in [4.78, 5) is 19.5. The highest BCUT2D eigenvalue weighted by atomic mass is 35.5. The standard InChI is InChI=1S/C20H23ClN2O2/c1-14-12-25-13-15(2)23(14)20(24)19(11-16-7-9-22-10-8-16)17-3-5-18(21)6-4-17/h3-10,14-15,19H,11-13H2,1-2H3. The zero-order valence-corrected chi connectivity index (χ0v) is 15.3. The highest BCUT2D eigenvalue weighted by Crippen LogP contribution is 2.28. The molecule has 0 aliphatic carbocycles. The number of nitrogens with zero attached hydrogens (tertiary/aromatic N) is 2. The molecular formula is C20H23ClN2O2. The van der Waals surface area contributed by atoms with Crippen LogP contribution in [-0.2, 0) is 16.0 Å². The predicted octanol–water partition coefficient (Wildman–Crippen LogP) is 3.70. The van der Waals surface area contributed by atoms with Gasteiger partial charge in [-0.15, -0.1) is 0 Å². The number of hydrogen-bond acceptors (Lipinski definition) is 3. The summed E-state index contributed by atoms with van der Waals surface area (Å²) < 4.78 is 5.57. The number of aromatic nitrogens is 1. The Bertz CT molecular complexity index is 695. The highest BCUT2D eigenvalue weighted by Gasteiger charge is 2.34. The minimum atomic E-state index is -0.248. The van der Waals surface area contributed by atoms with Gasteiger partial charge in [0.2, 0.25) is 5.91 Å². The third-order valence-corrected chi connectivity index (χ3v) is 4.93. The number of halogens is 1. The van der Waals surface area contributed by atoms with Gasteiger partial charge < -0.3 is 9.64 Å². The lowest BCUT2D eigenvalue weighted by atomic mass is 9.90. The summed E-state index contributed by atoms with van der Waals surface area (Å²) in [5, 5.41) is 0.673. The molecule has 1 aliphatic rings. The van der Waals surface area contributed by atoms with Crippen molar-refractivity contribution in [2.75, 3.05) is 13.2 Å². The van der Waals surface area contributed by atoms with E-state index < -0.39 is 0 Å². The fourth-order valence-electron chi connectivity index (χ4n) is 3.42. The molecule has 5 heteroatoms. The lowest BCUT2D eigenvalue weighted by molar-refractivity contribution is -0.145. The van der Waals surface area contributed by atoms with Gasteiger partial charge in [-0.2, -0.15) is 0 Å². The highest BCUT2D eigenvalue weighted by molar-refractivity contribution is 6.30. The molecular weight excluding hydrogens is 336 g/mol. The molecule has 1 aromatic carbocycles. The number of ether oxygens (including phenoxy) is 1. The molecule has 1 amide bonds. The summed E-state index contributed by atoms with van der Waals surface area (Å²) >= 11 is 6.03. The van der Waals surface area contributed by atoms with Gasteiger partial charge in [-0.05, 0) is 55.7 Å². The molecule has 132 valence electrons. The zero-order chi connectivity index (χ0) is 17.8. The topological polar surface area (TPSA) is 42.4 Å². The fourth-order valence-corrected chi connectivity index (χ4v) is 3.54. The van der Waals surface area contributed by atoms with Crippen LogP contribution in [0, 0.1) is 0 Å². The molecule has 3 atom stereocenters. The van der Waals surface area contributed by atoms with E-state index in [2.05, 4.69) is 4.98 Å². The molecule has 0 N–H and O–H groups in total. The van der Waals surface area contributed by atoms with E-state index >= 15 is 0 Å². The first-order chi connectivity index (χ1) is 12.1. The van der Waals surface area contributed by atoms with Crippen molar-refractivity contribution >= 4 is 17.5 Å². The number of hydrogen-bond donors (Lipinski definition) is 0. The third kappa shape index (κ3) is 4.20. The summed E-state index contributed by atoms with van der Waals surface area (Å²) in [5.74, 6) is -0.106. The van der Waals surface area contributed by atoms with E-state index in [9.17, 15) is 4.79 Å². The monoisotopic (exact) mass is 358 g/mol. The SMILES string of the molecule is CC1COCC(C)N1C(=O)C(Cc1ccncc1)c1ccc(Cl)cc1. The molecule has 1 aromatic heterocycles. The van der Waals surface area contributed by atoms with Crippen LogP contribution in [0.1, 0.15) is 30.9 Å². The molecule has 4 nitrogen and oxygen atoms in total. The van der Waals surface area contributed by atoms with E-state index in [1.165, 1.54) is 0 Å². The first-order valence-electron chi connectivity index (χ1n) is 8.60. The van der Waals surface area contributed by atoms with Gasteiger partial charge in [-0.3, -0.25) is 9.78 Å². The normalized spacial score (nSPS) is 21.8. The largest absolute Gasteiger partial charge is 0.377 e. The van der Waals surface area contributed by atoms with Crippen molar-refractivity contribution in [2.45, 2.75) is 38.3 Å². The maximum atomic E-state index is 13.4. The number of morpholine rings is 1.